The van der Waals surface area contributed by atoms with Crippen LogP contribution in [0.2, 0.25) is 0 Å². The van der Waals surface area contributed by atoms with E-state index in [2.05, 4.69) is 12.2 Å². The molecule has 2 heteroatoms. The maximum Gasteiger partial charge on any atom is 0.0446 e. The first kappa shape index (κ1) is 5.06. The fourth-order valence-corrected chi connectivity index (χ4v) is 0.755. The van der Waals surface area contributed by atoms with Crippen LogP contribution in [0, 0.1) is 0 Å². The van der Waals surface area contributed by atoms with Crippen molar-refractivity contribution in [3.63, 3.8) is 0 Å². The van der Waals surface area contributed by atoms with Crippen molar-refractivity contribution in [3.05, 3.63) is 0 Å². The third-order valence-electron chi connectivity index (χ3n) is 1.41. The Bertz CT molecular complexity index is 65.1. The van der Waals surface area contributed by atoms with E-state index in [1.165, 1.54) is 0 Å². The first-order chi connectivity index (χ1) is 3.34. The number of aliphatic hydroxyl groups is 1. The molecule has 2 atom stereocenters. The molecule has 0 aromatic heterocycles. The maximum atomic E-state index is 8.35. The van der Waals surface area contributed by atoms with Crippen LogP contribution in [0.25, 0.3) is 0 Å². The van der Waals surface area contributed by atoms with Gasteiger partial charge in [-0.15, -0.1) is 0 Å². The lowest BCUT2D eigenvalue weighted by atomic mass is 10.3. The highest BCUT2D eigenvalue weighted by atomic mass is 16.3. The number of aliphatic hydroxyl groups excluding tert-OH is 1. The monoisotopic (exact) mass is 101 g/mol. The molecule has 1 rings (SSSR count). The smallest absolute Gasteiger partial charge is 0.0446 e. The van der Waals surface area contributed by atoms with E-state index in [1.807, 2.05) is 0 Å². The second-order valence-corrected chi connectivity index (χ2v) is 2.07. The summed E-state index contributed by atoms with van der Waals surface area (Å²) >= 11 is 0. The molecule has 2 unspecified atom stereocenters. The summed E-state index contributed by atoms with van der Waals surface area (Å²) in [7, 11) is 0. The normalized spacial score (nSPS) is 38.6. The van der Waals surface area contributed by atoms with E-state index in [0.717, 1.165) is 6.42 Å². The molecule has 1 fully saturated rings. The Morgan fingerprint density at radius 1 is 1.71 bits per heavy atom. The maximum absolute atomic E-state index is 8.35. The minimum Gasteiger partial charge on any atom is -0.396 e. The predicted molar refractivity (Wildman–Crippen MR) is 28.1 cm³/mol. The van der Waals surface area contributed by atoms with Gasteiger partial charge in [0.15, 0.2) is 0 Å². The summed E-state index contributed by atoms with van der Waals surface area (Å²) < 4.78 is 0. The van der Waals surface area contributed by atoms with Gasteiger partial charge in [0.05, 0.1) is 0 Å². The Hall–Kier alpha value is -0.0800. The summed E-state index contributed by atoms with van der Waals surface area (Å²) in [5.41, 5.74) is 0. The summed E-state index contributed by atoms with van der Waals surface area (Å²) in [6.45, 7) is 2.45. The minimum atomic E-state index is 0.321. The third-order valence-corrected chi connectivity index (χ3v) is 1.41. The molecule has 0 amide bonds. The van der Waals surface area contributed by atoms with E-state index < -0.39 is 0 Å². The van der Waals surface area contributed by atoms with Crippen molar-refractivity contribution in [2.24, 2.45) is 0 Å². The van der Waals surface area contributed by atoms with Crippen LogP contribution in [-0.2, 0) is 0 Å². The average Bonchev–Trinajstić information content (AvgIpc) is 2.22. The summed E-state index contributed by atoms with van der Waals surface area (Å²) in [5.74, 6) is 0. The van der Waals surface area contributed by atoms with Gasteiger partial charge in [-0.05, 0) is 13.3 Å². The molecule has 0 saturated carbocycles. The lowest BCUT2D eigenvalue weighted by molar-refractivity contribution is 0.287. The van der Waals surface area contributed by atoms with Crippen LogP contribution in [0.1, 0.15) is 13.3 Å². The first-order valence-electron chi connectivity index (χ1n) is 2.71. The van der Waals surface area contributed by atoms with Crippen molar-refractivity contribution in [3.8, 4) is 0 Å². The van der Waals surface area contributed by atoms with Gasteiger partial charge < -0.3 is 10.4 Å². The molecular weight excluding hydrogens is 90.1 g/mol. The summed E-state index contributed by atoms with van der Waals surface area (Å²) in [6.07, 6.45) is 0.918. The van der Waals surface area contributed by atoms with Gasteiger partial charge in [0.25, 0.3) is 0 Å². The third kappa shape index (κ3) is 1.14. The molecule has 2 nitrogen and oxygen atoms in total. The standard InChI is InChI=1S/C5H11NO/c1-4-5(6-4)2-3-7/h4-7H,2-3H2,1H3. The molecule has 0 aromatic rings. The Labute approximate surface area is 43.5 Å². The second kappa shape index (κ2) is 1.80. The van der Waals surface area contributed by atoms with Gasteiger partial charge in [0, 0.05) is 18.7 Å². The van der Waals surface area contributed by atoms with E-state index in [-0.39, 0.29) is 0 Å². The molecule has 42 valence electrons. The van der Waals surface area contributed by atoms with Crippen LogP contribution >= 0.6 is 0 Å². The summed E-state index contributed by atoms with van der Waals surface area (Å²) in [6, 6.07) is 1.28. The molecule has 2 N–H and O–H groups in total. The highest BCUT2D eigenvalue weighted by molar-refractivity contribution is 4.93. The molecule has 0 aliphatic carbocycles. The Balaban J connectivity index is 1.98. The fraction of sp³-hybridized carbons (Fsp3) is 1.00. The van der Waals surface area contributed by atoms with Gasteiger partial charge in [0.2, 0.25) is 0 Å². The SMILES string of the molecule is CC1NC1CCO. The van der Waals surface area contributed by atoms with Crippen LogP contribution in [0.15, 0.2) is 0 Å². The van der Waals surface area contributed by atoms with Crippen molar-refractivity contribution >= 4 is 0 Å². The van der Waals surface area contributed by atoms with Crippen molar-refractivity contribution < 1.29 is 5.11 Å². The lowest BCUT2D eigenvalue weighted by Crippen LogP contribution is -1.94. The molecular formula is C5H11NO. The highest BCUT2D eigenvalue weighted by Crippen LogP contribution is 2.11. The molecule has 1 aliphatic heterocycles. The fourth-order valence-electron chi connectivity index (χ4n) is 0.755. The molecule has 7 heavy (non-hydrogen) atoms. The van der Waals surface area contributed by atoms with Gasteiger partial charge in [0.1, 0.15) is 0 Å². The van der Waals surface area contributed by atoms with Crippen LogP contribution in [0.5, 0.6) is 0 Å². The van der Waals surface area contributed by atoms with Gasteiger partial charge in [-0.1, -0.05) is 0 Å². The number of hydrogen-bond acceptors (Lipinski definition) is 2. The van der Waals surface area contributed by atoms with Crippen LogP contribution < -0.4 is 5.32 Å². The largest absolute Gasteiger partial charge is 0.396 e. The molecule has 0 bridgehead atoms. The van der Waals surface area contributed by atoms with Crippen molar-refractivity contribution in [1.82, 2.24) is 5.32 Å². The molecule has 1 saturated heterocycles. The van der Waals surface area contributed by atoms with E-state index >= 15 is 0 Å². The Morgan fingerprint density at radius 2 is 2.29 bits per heavy atom. The van der Waals surface area contributed by atoms with Crippen molar-refractivity contribution in [2.45, 2.75) is 25.4 Å². The molecule has 0 aromatic carbocycles. The first-order valence-corrected chi connectivity index (χ1v) is 2.71. The van der Waals surface area contributed by atoms with E-state index in [1.54, 1.807) is 0 Å². The zero-order valence-electron chi connectivity index (χ0n) is 4.52. The highest BCUT2D eigenvalue weighted by Gasteiger charge is 2.29. The van der Waals surface area contributed by atoms with E-state index in [4.69, 9.17) is 5.11 Å². The number of nitrogens with one attached hydrogen (secondary N) is 1. The zero-order valence-corrected chi connectivity index (χ0v) is 4.52. The molecule has 0 spiro atoms. The lowest BCUT2D eigenvalue weighted by Gasteiger charge is -1.84. The Kier molecular flexibility index (Phi) is 1.30. The van der Waals surface area contributed by atoms with Crippen LogP contribution in [0.3, 0.4) is 0 Å². The quantitative estimate of drug-likeness (QED) is 0.470. The Morgan fingerprint density at radius 3 is 2.43 bits per heavy atom. The van der Waals surface area contributed by atoms with Crippen molar-refractivity contribution in [1.29, 1.82) is 0 Å². The van der Waals surface area contributed by atoms with Gasteiger partial charge >= 0.3 is 0 Å². The van der Waals surface area contributed by atoms with Gasteiger partial charge in [-0.25, -0.2) is 0 Å². The van der Waals surface area contributed by atoms with Crippen molar-refractivity contribution in [2.75, 3.05) is 6.61 Å². The van der Waals surface area contributed by atoms with Gasteiger partial charge in [-0.2, -0.15) is 0 Å². The predicted octanol–water partition coefficient (Wildman–Crippen LogP) is -0.271. The van der Waals surface area contributed by atoms with Crippen LogP contribution in [0.4, 0.5) is 0 Å². The average molecular weight is 101 g/mol. The van der Waals surface area contributed by atoms with Gasteiger partial charge in [-0.3, -0.25) is 0 Å². The summed E-state index contributed by atoms with van der Waals surface area (Å²) in [5, 5.41) is 11.5. The number of hydrogen-bond donors (Lipinski definition) is 2. The number of rotatable bonds is 2. The van der Waals surface area contributed by atoms with E-state index in [0.29, 0.717) is 18.7 Å². The second-order valence-electron chi connectivity index (χ2n) is 2.07. The molecule has 1 heterocycles. The molecule has 1 aliphatic rings. The van der Waals surface area contributed by atoms with Crippen LogP contribution in [-0.4, -0.2) is 23.8 Å². The minimum absolute atomic E-state index is 0.321. The zero-order chi connectivity index (χ0) is 5.28. The molecule has 0 radical (unpaired) electrons. The van der Waals surface area contributed by atoms with E-state index in [9.17, 15) is 0 Å². The summed E-state index contributed by atoms with van der Waals surface area (Å²) in [4.78, 5) is 0. The topological polar surface area (TPSA) is 42.2 Å².